The fraction of sp³-hybridized carbons (Fsp3) is 0.217. The van der Waals surface area contributed by atoms with Gasteiger partial charge in [-0.05, 0) is 56.9 Å². The van der Waals surface area contributed by atoms with Crippen LogP contribution in [0.3, 0.4) is 0 Å². The summed E-state index contributed by atoms with van der Waals surface area (Å²) in [5.74, 6) is -0.595. The Balaban J connectivity index is 2.12. The molecule has 0 saturated heterocycles. The molecule has 0 fully saturated rings. The quantitative estimate of drug-likeness (QED) is 0.370. The lowest BCUT2D eigenvalue weighted by atomic mass is 10.1. The van der Waals surface area contributed by atoms with Gasteiger partial charge in [0.15, 0.2) is 0 Å². The maximum absolute atomic E-state index is 12.1. The molecule has 0 unspecified atom stereocenters. The Bertz CT molecular complexity index is 1080. The molecule has 0 spiro atoms. The Kier molecular flexibility index (Phi) is 5.14. The first-order chi connectivity index (χ1) is 12.9. The van der Waals surface area contributed by atoms with Crippen molar-refractivity contribution in [2.75, 3.05) is 0 Å². The van der Waals surface area contributed by atoms with Gasteiger partial charge in [-0.15, -0.1) is 0 Å². The Hall–Kier alpha value is -3.32. The second-order valence-electron chi connectivity index (χ2n) is 6.78. The topological polar surface area (TPSA) is 55.0 Å². The number of benzene rings is 2. The van der Waals surface area contributed by atoms with Crippen LogP contribution >= 0.6 is 0 Å². The van der Waals surface area contributed by atoms with E-state index in [2.05, 4.69) is 28.8 Å². The smallest absolute Gasteiger partial charge is 0.349 e. The second-order valence-corrected chi connectivity index (χ2v) is 6.78. The van der Waals surface area contributed by atoms with Gasteiger partial charge >= 0.3 is 5.97 Å². The van der Waals surface area contributed by atoms with Crippen LogP contribution in [0.2, 0.25) is 0 Å². The molecule has 0 N–H and O–H groups in total. The minimum Gasteiger partial charge on any atom is -0.459 e. The molecule has 0 aliphatic heterocycles. The highest BCUT2D eigenvalue weighted by atomic mass is 16.5. The highest BCUT2D eigenvalue weighted by Gasteiger charge is 2.16. The van der Waals surface area contributed by atoms with Gasteiger partial charge in [-0.2, -0.15) is 5.26 Å². The third-order valence-electron chi connectivity index (χ3n) is 4.46. The first-order valence-corrected chi connectivity index (χ1v) is 8.92. The van der Waals surface area contributed by atoms with Crippen molar-refractivity contribution in [3.63, 3.8) is 0 Å². The number of esters is 1. The standard InChI is InChI=1S/C23H22N2O2/c1-15(2)27-23(26)20(14-24)13-19-12-16(3)25(17(19)4)22-11-7-9-18-8-5-6-10-21(18)22/h5-13,15H,1-4H3. The summed E-state index contributed by atoms with van der Waals surface area (Å²) >= 11 is 0. The number of hydrogen-bond acceptors (Lipinski definition) is 3. The van der Waals surface area contributed by atoms with E-state index in [-0.39, 0.29) is 11.7 Å². The number of carbonyl (C=O) groups is 1. The summed E-state index contributed by atoms with van der Waals surface area (Å²) in [5, 5.41) is 11.7. The van der Waals surface area contributed by atoms with Crippen LogP contribution in [0.5, 0.6) is 0 Å². The van der Waals surface area contributed by atoms with E-state index in [0.717, 1.165) is 33.4 Å². The summed E-state index contributed by atoms with van der Waals surface area (Å²) in [4.78, 5) is 12.1. The minimum atomic E-state index is -0.595. The predicted octanol–water partition coefficient (Wildman–Crippen LogP) is 5.11. The van der Waals surface area contributed by atoms with Crippen LogP contribution in [-0.2, 0) is 9.53 Å². The van der Waals surface area contributed by atoms with Crippen LogP contribution in [0.25, 0.3) is 22.5 Å². The number of aromatic nitrogens is 1. The highest BCUT2D eigenvalue weighted by molar-refractivity contribution is 5.98. The lowest BCUT2D eigenvalue weighted by Crippen LogP contribution is -2.12. The first-order valence-electron chi connectivity index (χ1n) is 8.92. The van der Waals surface area contributed by atoms with Gasteiger partial charge in [0.1, 0.15) is 11.6 Å². The number of nitriles is 1. The van der Waals surface area contributed by atoms with Crippen LogP contribution in [0.15, 0.2) is 54.1 Å². The Morgan fingerprint density at radius 1 is 1.15 bits per heavy atom. The molecule has 0 aliphatic carbocycles. The van der Waals surface area contributed by atoms with Crippen molar-refractivity contribution in [3.8, 4) is 11.8 Å². The molecule has 0 bridgehead atoms. The van der Waals surface area contributed by atoms with Gasteiger partial charge in [-0.25, -0.2) is 4.79 Å². The second kappa shape index (κ2) is 7.51. The number of carbonyl (C=O) groups excluding carboxylic acids is 1. The number of nitrogens with zero attached hydrogens (tertiary/aromatic N) is 2. The van der Waals surface area contributed by atoms with Gasteiger partial charge in [0, 0.05) is 16.8 Å². The van der Waals surface area contributed by atoms with Crippen molar-refractivity contribution in [3.05, 3.63) is 71.1 Å². The highest BCUT2D eigenvalue weighted by Crippen LogP contribution is 2.28. The Labute approximate surface area is 159 Å². The molecule has 4 nitrogen and oxygen atoms in total. The van der Waals surface area contributed by atoms with Crippen LogP contribution < -0.4 is 0 Å². The predicted molar refractivity (Wildman–Crippen MR) is 108 cm³/mol. The number of ether oxygens (including phenoxy) is 1. The third kappa shape index (κ3) is 3.63. The number of fused-ring (bicyclic) bond motifs is 1. The molecular formula is C23H22N2O2. The number of rotatable bonds is 4. The molecule has 3 rings (SSSR count). The van der Waals surface area contributed by atoms with Crippen molar-refractivity contribution in [2.24, 2.45) is 0 Å². The van der Waals surface area contributed by atoms with Crippen molar-refractivity contribution in [1.29, 1.82) is 5.26 Å². The van der Waals surface area contributed by atoms with Gasteiger partial charge in [-0.1, -0.05) is 36.4 Å². The molecule has 0 saturated carbocycles. The molecular weight excluding hydrogens is 336 g/mol. The van der Waals surface area contributed by atoms with Gasteiger partial charge in [-0.3, -0.25) is 0 Å². The molecule has 0 radical (unpaired) electrons. The summed E-state index contributed by atoms with van der Waals surface area (Å²) in [5.41, 5.74) is 3.91. The van der Waals surface area contributed by atoms with Crippen molar-refractivity contribution < 1.29 is 9.53 Å². The van der Waals surface area contributed by atoms with Crippen LogP contribution in [0.4, 0.5) is 0 Å². The zero-order valence-electron chi connectivity index (χ0n) is 16.0. The molecule has 1 heterocycles. The van der Waals surface area contributed by atoms with Crippen LogP contribution in [0.1, 0.15) is 30.8 Å². The molecule has 2 aromatic carbocycles. The summed E-state index contributed by atoms with van der Waals surface area (Å²) in [7, 11) is 0. The van der Waals surface area contributed by atoms with E-state index in [1.807, 2.05) is 44.2 Å². The third-order valence-corrected chi connectivity index (χ3v) is 4.46. The van der Waals surface area contributed by atoms with E-state index in [4.69, 9.17) is 4.74 Å². The van der Waals surface area contributed by atoms with Crippen molar-refractivity contribution in [2.45, 2.75) is 33.8 Å². The van der Waals surface area contributed by atoms with E-state index in [9.17, 15) is 10.1 Å². The Morgan fingerprint density at radius 3 is 2.56 bits per heavy atom. The summed E-state index contributed by atoms with van der Waals surface area (Å²) in [6, 6.07) is 18.4. The first kappa shape index (κ1) is 18.5. The van der Waals surface area contributed by atoms with E-state index >= 15 is 0 Å². The number of aryl methyl sites for hydroxylation is 1. The normalized spacial score (nSPS) is 11.6. The number of hydrogen-bond donors (Lipinski definition) is 0. The molecule has 1 aromatic heterocycles. The van der Waals surface area contributed by atoms with E-state index < -0.39 is 5.97 Å². The zero-order chi connectivity index (χ0) is 19.6. The van der Waals surface area contributed by atoms with Gasteiger partial charge < -0.3 is 9.30 Å². The largest absolute Gasteiger partial charge is 0.459 e. The summed E-state index contributed by atoms with van der Waals surface area (Å²) in [6.07, 6.45) is 1.34. The monoisotopic (exact) mass is 358 g/mol. The SMILES string of the molecule is Cc1cc(C=C(C#N)C(=O)OC(C)C)c(C)n1-c1cccc2ccccc12. The van der Waals surface area contributed by atoms with Crippen LogP contribution in [-0.4, -0.2) is 16.6 Å². The van der Waals surface area contributed by atoms with Gasteiger partial charge in [0.2, 0.25) is 0 Å². The Morgan fingerprint density at radius 2 is 1.85 bits per heavy atom. The molecule has 136 valence electrons. The molecule has 27 heavy (non-hydrogen) atoms. The van der Waals surface area contributed by atoms with Crippen molar-refractivity contribution in [1.82, 2.24) is 4.57 Å². The fourth-order valence-electron chi connectivity index (χ4n) is 3.28. The maximum Gasteiger partial charge on any atom is 0.349 e. The van der Waals surface area contributed by atoms with Gasteiger partial charge in [0.25, 0.3) is 0 Å². The maximum atomic E-state index is 12.1. The lowest BCUT2D eigenvalue weighted by Gasteiger charge is -2.13. The molecule has 0 amide bonds. The molecule has 0 atom stereocenters. The van der Waals surface area contributed by atoms with E-state index in [1.54, 1.807) is 19.9 Å². The molecule has 3 aromatic rings. The minimum absolute atomic E-state index is 0.00173. The van der Waals surface area contributed by atoms with Crippen LogP contribution in [0, 0.1) is 25.2 Å². The molecule has 4 heteroatoms. The summed E-state index contributed by atoms with van der Waals surface area (Å²) in [6.45, 7) is 7.53. The average Bonchev–Trinajstić information content (AvgIpc) is 2.91. The van der Waals surface area contributed by atoms with E-state index in [0.29, 0.717) is 0 Å². The van der Waals surface area contributed by atoms with E-state index in [1.165, 1.54) is 0 Å². The van der Waals surface area contributed by atoms with Gasteiger partial charge in [0.05, 0.1) is 11.8 Å². The van der Waals surface area contributed by atoms with Crippen molar-refractivity contribution >= 4 is 22.8 Å². The zero-order valence-corrected chi connectivity index (χ0v) is 16.0. The molecule has 0 aliphatic rings. The summed E-state index contributed by atoms with van der Waals surface area (Å²) < 4.78 is 7.31. The fourth-order valence-corrected chi connectivity index (χ4v) is 3.28. The average molecular weight is 358 g/mol. The lowest BCUT2D eigenvalue weighted by molar-refractivity contribution is -0.142.